The average Bonchev–Trinajstić information content (AvgIpc) is 2.72. The van der Waals surface area contributed by atoms with Gasteiger partial charge in [0.25, 0.3) is 0 Å². The second kappa shape index (κ2) is 6.06. The maximum absolute atomic E-state index is 12.1. The zero-order valence-electron chi connectivity index (χ0n) is 11.8. The van der Waals surface area contributed by atoms with E-state index >= 15 is 0 Å². The van der Waals surface area contributed by atoms with Crippen LogP contribution in [0.1, 0.15) is 25.3 Å². The van der Waals surface area contributed by atoms with Gasteiger partial charge in [-0.15, -0.1) is 0 Å². The van der Waals surface area contributed by atoms with E-state index in [0.29, 0.717) is 0 Å². The summed E-state index contributed by atoms with van der Waals surface area (Å²) in [5.41, 5.74) is 7.92. The van der Waals surface area contributed by atoms with Crippen molar-refractivity contribution in [2.45, 2.75) is 32.4 Å². The topological polar surface area (TPSA) is 49.6 Å². The molecule has 1 heterocycles. The van der Waals surface area contributed by atoms with Crippen LogP contribution in [-0.4, -0.2) is 41.9 Å². The number of nitrogen functional groups attached to an aromatic ring is 1. The Balaban J connectivity index is 2.13. The summed E-state index contributed by atoms with van der Waals surface area (Å²) in [4.78, 5) is 16.2. The zero-order chi connectivity index (χ0) is 13.8. The van der Waals surface area contributed by atoms with E-state index in [9.17, 15) is 4.79 Å². The molecule has 4 nitrogen and oxygen atoms in total. The molecule has 1 aromatic rings. The van der Waals surface area contributed by atoms with Gasteiger partial charge in [0.15, 0.2) is 0 Å². The van der Waals surface area contributed by atoms with Gasteiger partial charge >= 0.3 is 0 Å². The first-order chi connectivity index (χ1) is 9.13. The second-order valence-corrected chi connectivity index (χ2v) is 5.23. The Labute approximate surface area is 115 Å². The molecule has 1 atom stereocenters. The predicted octanol–water partition coefficient (Wildman–Crippen LogP) is 1.71. The van der Waals surface area contributed by atoms with Crippen LogP contribution in [0, 0.1) is 0 Å². The Morgan fingerprint density at radius 3 is 2.74 bits per heavy atom. The van der Waals surface area contributed by atoms with Gasteiger partial charge in [0, 0.05) is 25.8 Å². The second-order valence-electron chi connectivity index (χ2n) is 5.23. The number of benzene rings is 1. The number of anilines is 1. The number of carbonyl (C=O) groups is 1. The number of hydrogen-bond acceptors (Lipinski definition) is 3. The van der Waals surface area contributed by atoms with Crippen LogP contribution >= 0.6 is 0 Å². The lowest BCUT2D eigenvalue weighted by Crippen LogP contribution is -2.41. The van der Waals surface area contributed by atoms with Crippen LogP contribution in [0.15, 0.2) is 24.3 Å². The third kappa shape index (κ3) is 3.07. The van der Waals surface area contributed by atoms with E-state index in [1.807, 2.05) is 36.2 Å². The summed E-state index contributed by atoms with van der Waals surface area (Å²) < 4.78 is 0. The summed E-state index contributed by atoms with van der Waals surface area (Å²) in [6.45, 7) is 4.68. The molecule has 0 radical (unpaired) electrons. The minimum atomic E-state index is 0.0181. The van der Waals surface area contributed by atoms with Crippen molar-refractivity contribution in [1.82, 2.24) is 9.80 Å². The molecule has 0 aromatic heterocycles. The molecular formula is C15H23N3O. The van der Waals surface area contributed by atoms with E-state index < -0.39 is 0 Å². The van der Waals surface area contributed by atoms with E-state index in [1.165, 1.54) is 0 Å². The van der Waals surface area contributed by atoms with Gasteiger partial charge in [-0.1, -0.05) is 25.1 Å². The summed E-state index contributed by atoms with van der Waals surface area (Å²) >= 11 is 0. The van der Waals surface area contributed by atoms with Crippen LogP contribution in [0.3, 0.4) is 0 Å². The Morgan fingerprint density at radius 2 is 2.16 bits per heavy atom. The number of likely N-dealkylation sites (tertiary alicyclic amines) is 1. The van der Waals surface area contributed by atoms with E-state index in [4.69, 9.17) is 5.73 Å². The standard InChI is InChI=1S/C15H23N3O/c1-3-9-18(14-8-10-17(2)15(14)19)11-12-6-4-5-7-13(12)16/h4-7,14H,3,8-11,16H2,1-2H3. The van der Waals surface area contributed by atoms with Crippen molar-refractivity contribution >= 4 is 11.6 Å². The number of hydrogen-bond donors (Lipinski definition) is 1. The molecule has 1 saturated heterocycles. The molecule has 1 amide bonds. The van der Waals surface area contributed by atoms with Gasteiger partial charge in [-0.3, -0.25) is 9.69 Å². The first-order valence-corrected chi connectivity index (χ1v) is 6.96. The predicted molar refractivity (Wildman–Crippen MR) is 77.6 cm³/mol. The fourth-order valence-electron chi connectivity index (χ4n) is 2.67. The minimum Gasteiger partial charge on any atom is -0.398 e. The largest absolute Gasteiger partial charge is 0.398 e. The van der Waals surface area contributed by atoms with Crippen LogP contribution < -0.4 is 5.73 Å². The number of para-hydroxylation sites is 1. The van der Waals surface area contributed by atoms with E-state index in [1.54, 1.807) is 0 Å². The van der Waals surface area contributed by atoms with Gasteiger partial charge in [-0.05, 0) is 31.0 Å². The third-order valence-electron chi connectivity index (χ3n) is 3.78. The first-order valence-electron chi connectivity index (χ1n) is 6.96. The van der Waals surface area contributed by atoms with Crippen molar-refractivity contribution in [3.05, 3.63) is 29.8 Å². The molecule has 1 aliphatic heterocycles. The fourth-order valence-corrected chi connectivity index (χ4v) is 2.67. The first kappa shape index (κ1) is 13.9. The molecule has 2 N–H and O–H groups in total. The van der Waals surface area contributed by atoms with E-state index in [0.717, 1.165) is 43.7 Å². The summed E-state index contributed by atoms with van der Waals surface area (Å²) in [6, 6.07) is 7.92. The Kier molecular flexibility index (Phi) is 4.43. The molecule has 1 unspecified atom stereocenters. The van der Waals surface area contributed by atoms with E-state index in [2.05, 4.69) is 11.8 Å². The maximum Gasteiger partial charge on any atom is 0.239 e. The highest BCUT2D eigenvalue weighted by molar-refractivity contribution is 5.83. The van der Waals surface area contributed by atoms with Crippen molar-refractivity contribution in [1.29, 1.82) is 0 Å². The number of carbonyl (C=O) groups excluding carboxylic acids is 1. The van der Waals surface area contributed by atoms with Gasteiger partial charge in [-0.25, -0.2) is 0 Å². The number of nitrogens with two attached hydrogens (primary N) is 1. The zero-order valence-corrected chi connectivity index (χ0v) is 11.8. The van der Waals surface area contributed by atoms with Crippen molar-refractivity contribution in [3.8, 4) is 0 Å². The lowest BCUT2D eigenvalue weighted by atomic mass is 10.1. The molecule has 4 heteroatoms. The Bertz CT molecular complexity index is 447. The summed E-state index contributed by atoms with van der Waals surface area (Å²) in [7, 11) is 1.88. The number of amides is 1. The number of likely N-dealkylation sites (N-methyl/N-ethyl adjacent to an activating group) is 1. The van der Waals surface area contributed by atoms with Gasteiger partial charge in [-0.2, -0.15) is 0 Å². The molecular weight excluding hydrogens is 238 g/mol. The van der Waals surface area contributed by atoms with Crippen LogP contribution in [0.4, 0.5) is 5.69 Å². The molecule has 0 spiro atoms. The summed E-state index contributed by atoms with van der Waals surface area (Å²) in [5.74, 6) is 0.239. The van der Waals surface area contributed by atoms with Crippen molar-refractivity contribution < 1.29 is 4.79 Å². The van der Waals surface area contributed by atoms with Crippen molar-refractivity contribution in [2.75, 3.05) is 25.9 Å². The molecule has 1 aliphatic rings. The average molecular weight is 261 g/mol. The van der Waals surface area contributed by atoms with Gasteiger partial charge < -0.3 is 10.6 Å². The molecule has 1 aromatic carbocycles. The molecule has 1 fully saturated rings. The Morgan fingerprint density at radius 1 is 1.42 bits per heavy atom. The van der Waals surface area contributed by atoms with Crippen LogP contribution in [0.2, 0.25) is 0 Å². The summed E-state index contributed by atoms with van der Waals surface area (Å²) in [6.07, 6.45) is 1.96. The van der Waals surface area contributed by atoms with E-state index in [-0.39, 0.29) is 11.9 Å². The molecule has 104 valence electrons. The van der Waals surface area contributed by atoms with Crippen LogP contribution in [0.5, 0.6) is 0 Å². The molecule has 0 saturated carbocycles. The minimum absolute atomic E-state index is 0.0181. The lowest BCUT2D eigenvalue weighted by Gasteiger charge is -2.27. The molecule has 2 rings (SSSR count). The number of rotatable bonds is 5. The van der Waals surface area contributed by atoms with Crippen molar-refractivity contribution in [3.63, 3.8) is 0 Å². The monoisotopic (exact) mass is 261 g/mol. The smallest absolute Gasteiger partial charge is 0.239 e. The van der Waals surface area contributed by atoms with Crippen molar-refractivity contribution in [2.24, 2.45) is 0 Å². The molecule has 0 bridgehead atoms. The quantitative estimate of drug-likeness (QED) is 0.821. The van der Waals surface area contributed by atoms with Crippen LogP contribution in [0.25, 0.3) is 0 Å². The Hall–Kier alpha value is -1.55. The molecule has 0 aliphatic carbocycles. The highest BCUT2D eigenvalue weighted by Crippen LogP contribution is 2.21. The summed E-state index contributed by atoms with van der Waals surface area (Å²) in [5, 5.41) is 0. The third-order valence-corrected chi connectivity index (χ3v) is 3.78. The normalized spacial score (nSPS) is 19.4. The van der Waals surface area contributed by atoms with Gasteiger partial charge in [0.2, 0.25) is 5.91 Å². The highest BCUT2D eigenvalue weighted by Gasteiger charge is 2.33. The SMILES string of the molecule is CCCN(Cc1ccccc1N)C1CCN(C)C1=O. The molecule has 19 heavy (non-hydrogen) atoms. The maximum atomic E-state index is 12.1. The fraction of sp³-hybridized carbons (Fsp3) is 0.533. The van der Waals surface area contributed by atoms with Gasteiger partial charge in [0.05, 0.1) is 6.04 Å². The lowest BCUT2D eigenvalue weighted by molar-refractivity contribution is -0.131. The van der Waals surface area contributed by atoms with Crippen LogP contribution in [-0.2, 0) is 11.3 Å². The van der Waals surface area contributed by atoms with Gasteiger partial charge in [0.1, 0.15) is 0 Å². The highest BCUT2D eigenvalue weighted by atomic mass is 16.2. The number of nitrogens with zero attached hydrogens (tertiary/aromatic N) is 2.